The van der Waals surface area contributed by atoms with Crippen molar-refractivity contribution in [3.05, 3.63) is 24.3 Å². The number of piperidine rings is 1. The van der Waals surface area contributed by atoms with E-state index in [-0.39, 0.29) is 24.2 Å². The molecule has 0 aromatic heterocycles. The van der Waals surface area contributed by atoms with Gasteiger partial charge in [0.25, 0.3) is 0 Å². The topological polar surface area (TPSA) is 41.6 Å². The highest BCUT2D eigenvalue weighted by molar-refractivity contribution is 5.81. The Morgan fingerprint density at radius 1 is 1.32 bits per heavy atom. The molecule has 4 nitrogen and oxygen atoms in total. The molecule has 0 spiro atoms. The Labute approximate surface area is 127 Å². The molecule has 0 radical (unpaired) electrons. The van der Waals surface area contributed by atoms with Gasteiger partial charge in [0.2, 0.25) is 5.91 Å². The molecule has 2 rings (SSSR count). The van der Waals surface area contributed by atoms with Gasteiger partial charge in [-0.1, -0.05) is 0 Å². The number of halogens is 3. The minimum Gasteiger partial charge on any atom is -0.406 e. The van der Waals surface area contributed by atoms with Crippen molar-refractivity contribution in [1.82, 2.24) is 4.90 Å². The SMILES string of the molecule is CC1CCCCN1C(=O)CNc1ccc(OC(F)(F)F)cc1. The molecule has 1 aliphatic rings. The number of carbonyl (C=O) groups is 1. The Hall–Kier alpha value is -1.92. The van der Waals surface area contributed by atoms with Crippen molar-refractivity contribution in [3.8, 4) is 5.75 Å². The molecule has 22 heavy (non-hydrogen) atoms. The summed E-state index contributed by atoms with van der Waals surface area (Å²) in [5, 5.41) is 2.92. The first-order valence-corrected chi connectivity index (χ1v) is 7.24. The van der Waals surface area contributed by atoms with Crippen molar-refractivity contribution >= 4 is 11.6 Å². The summed E-state index contributed by atoms with van der Waals surface area (Å²) in [7, 11) is 0. The van der Waals surface area contributed by atoms with Gasteiger partial charge in [0, 0.05) is 18.3 Å². The van der Waals surface area contributed by atoms with E-state index >= 15 is 0 Å². The van der Waals surface area contributed by atoms with Crippen molar-refractivity contribution < 1.29 is 22.7 Å². The van der Waals surface area contributed by atoms with E-state index in [9.17, 15) is 18.0 Å². The van der Waals surface area contributed by atoms with Crippen LogP contribution in [0.1, 0.15) is 26.2 Å². The summed E-state index contributed by atoms with van der Waals surface area (Å²) in [6, 6.07) is 5.57. The standard InChI is InChI=1S/C15H19F3N2O2/c1-11-4-2-3-9-20(11)14(21)10-19-12-5-7-13(8-6-12)22-15(16,17)18/h5-8,11,19H,2-4,9-10H2,1H3. The zero-order valence-corrected chi connectivity index (χ0v) is 12.3. The molecule has 0 aliphatic carbocycles. The smallest absolute Gasteiger partial charge is 0.406 e. The lowest BCUT2D eigenvalue weighted by Gasteiger charge is -2.33. The van der Waals surface area contributed by atoms with Gasteiger partial charge in [0.1, 0.15) is 5.75 Å². The number of nitrogens with one attached hydrogen (secondary N) is 1. The third kappa shape index (κ3) is 4.82. The fourth-order valence-electron chi connectivity index (χ4n) is 2.52. The van der Waals surface area contributed by atoms with E-state index in [1.54, 1.807) is 0 Å². The number of anilines is 1. The van der Waals surface area contributed by atoms with Gasteiger partial charge in [-0.2, -0.15) is 0 Å². The van der Waals surface area contributed by atoms with E-state index in [4.69, 9.17) is 0 Å². The first-order chi connectivity index (χ1) is 10.3. The average Bonchev–Trinajstić information content (AvgIpc) is 2.45. The highest BCUT2D eigenvalue weighted by Crippen LogP contribution is 2.24. The molecule has 1 amide bonds. The molecule has 122 valence electrons. The van der Waals surface area contributed by atoms with E-state index in [2.05, 4.69) is 10.1 Å². The number of hydrogen-bond donors (Lipinski definition) is 1. The van der Waals surface area contributed by atoms with E-state index in [1.807, 2.05) is 11.8 Å². The lowest BCUT2D eigenvalue weighted by Crippen LogP contribution is -2.44. The van der Waals surface area contributed by atoms with Crippen molar-refractivity contribution in [2.45, 2.75) is 38.6 Å². The summed E-state index contributed by atoms with van der Waals surface area (Å²) in [6.07, 6.45) is -1.54. The van der Waals surface area contributed by atoms with Crippen LogP contribution in [-0.4, -0.2) is 36.3 Å². The summed E-state index contributed by atoms with van der Waals surface area (Å²) < 4.78 is 39.9. The number of hydrogen-bond acceptors (Lipinski definition) is 3. The maximum absolute atomic E-state index is 12.1. The van der Waals surface area contributed by atoms with Crippen LogP contribution in [0.3, 0.4) is 0 Å². The maximum Gasteiger partial charge on any atom is 0.573 e. The van der Waals surface area contributed by atoms with Gasteiger partial charge in [-0.15, -0.1) is 13.2 Å². The first kappa shape index (κ1) is 16.5. The molecule has 7 heteroatoms. The molecule has 0 saturated carbocycles. The van der Waals surface area contributed by atoms with Gasteiger partial charge in [-0.05, 0) is 50.5 Å². The van der Waals surface area contributed by atoms with Crippen molar-refractivity contribution in [2.24, 2.45) is 0 Å². The summed E-state index contributed by atoms with van der Waals surface area (Å²) in [5.41, 5.74) is 0.576. The molecule has 1 aromatic carbocycles. The van der Waals surface area contributed by atoms with Gasteiger partial charge < -0.3 is 15.0 Å². The molecule has 1 N–H and O–H groups in total. The molecule has 1 heterocycles. The number of nitrogens with zero attached hydrogens (tertiary/aromatic N) is 1. The predicted octanol–water partition coefficient (Wildman–Crippen LogP) is 3.40. The second-order valence-corrected chi connectivity index (χ2v) is 5.36. The monoisotopic (exact) mass is 316 g/mol. The normalized spacial score (nSPS) is 18.9. The van der Waals surface area contributed by atoms with Crippen LogP contribution in [0, 0.1) is 0 Å². The summed E-state index contributed by atoms with van der Waals surface area (Å²) in [6.45, 7) is 2.92. The molecular weight excluding hydrogens is 297 g/mol. The molecule has 1 aliphatic heterocycles. The fourth-order valence-corrected chi connectivity index (χ4v) is 2.52. The zero-order chi connectivity index (χ0) is 16.2. The first-order valence-electron chi connectivity index (χ1n) is 7.24. The maximum atomic E-state index is 12.1. The molecule has 1 atom stereocenters. The van der Waals surface area contributed by atoms with Crippen LogP contribution in [0.5, 0.6) is 5.75 Å². The van der Waals surface area contributed by atoms with Crippen molar-refractivity contribution in [2.75, 3.05) is 18.4 Å². The predicted molar refractivity (Wildman–Crippen MR) is 76.6 cm³/mol. The second-order valence-electron chi connectivity index (χ2n) is 5.36. The van der Waals surface area contributed by atoms with Crippen LogP contribution in [0.2, 0.25) is 0 Å². The Kier molecular flexibility index (Phi) is 5.15. The van der Waals surface area contributed by atoms with Crippen LogP contribution in [-0.2, 0) is 4.79 Å². The molecule has 1 aromatic rings. The number of likely N-dealkylation sites (tertiary alicyclic amines) is 1. The van der Waals surface area contributed by atoms with Crippen LogP contribution < -0.4 is 10.1 Å². The Morgan fingerprint density at radius 2 is 2.00 bits per heavy atom. The lowest BCUT2D eigenvalue weighted by molar-refractivity contribution is -0.274. The van der Waals surface area contributed by atoms with E-state index < -0.39 is 6.36 Å². The number of ether oxygens (including phenoxy) is 1. The van der Waals surface area contributed by atoms with Gasteiger partial charge in [0.05, 0.1) is 6.54 Å². The number of rotatable bonds is 4. The fraction of sp³-hybridized carbons (Fsp3) is 0.533. The van der Waals surface area contributed by atoms with Crippen LogP contribution in [0.15, 0.2) is 24.3 Å². The summed E-state index contributed by atoms with van der Waals surface area (Å²) in [4.78, 5) is 14.0. The van der Waals surface area contributed by atoms with E-state index in [0.717, 1.165) is 25.8 Å². The van der Waals surface area contributed by atoms with Crippen LogP contribution in [0.25, 0.3) is 0 Å². The van der Waals surface area contributed by atoms with Crippen molar-refractivity contribution in [1.29, 1.82) is 0 Å². The van der Waals surface area contributed by atoms with Crippen molar-refractivity contribution in [3.63, 3.8) is 0 Å². The third-order valence-electron chi connectivity index (χ3n) is 3.65. The van der Waals surface area contributed by atoms with Gasteiger partial charge in [-0.3, -0.25) is 4.79 Å². The molecule has 1 unspecified atom stereocenters. The van der Waals surface area contributed by atoms with E-state index in [1.165, 1.54) is 24.3 Å². The summed E-state index contributed by atoms with van der Waals surface area (Å²) in [5.74, 6) is -0.281. The minimum atomic E-state index is -4.70. The lowest BCUT2D eigenvalue weighted by atomic mass is 10.0. The highest BCUT2D eigenvalue weighted by atomic mass is 19.4. The molecular formula is C15H19F3N2O2. The largest absolute Gasteiger partial charge is 0.573 e. The zero-order valence-electron chi connectivity index (χ0n) is 12.3. The number of amides is 1. The molecule has 1 saturated heterocycles. The Bertz CT molecular complexity index is 503. The van der Waals surface area contributed by atoms with E-state index in [0.29, 0.717) is 5.69 Å². The number of alkyl halides is 3. The minimum absolute atomic E-state index is 0.00261. The Morgan fingerprint density at radius 3 is 2.59 bits per heavy atom. The quantitative estimate of drug-likeness (QED) is 0.925. The van der Waals surface area contributed by atoms with Crippen LogP contribution in [0.4, 0.5) is 18.9 Å². The average molecular weight is 316 g/mol. The number of benzene rings is 1. The van der Waals surface area contributed by atoms with Gasteiger partial charge in [-0.25, -0.2) is 0 Å². The second kappa shape index (κ2) is 6.89. The molecule has 1 fully saturated rings. The summed E-state index contributed by atoms with van der Waals surface area (Å²) >= 11 is 0. The highest BCUT2D eigenvalue weighted by Gasteiger charge is 2.31. The van der Waals surface area contributed by atoms with Crippen LogP contribution >= 0.6 is 0 Å². The van der Waals surface area contributed by atoms with Gasteiger partial charge in [0.15, 0.2) is 0 Å². The molecule has 0 bridgehead atoms. The van der Waals surface area contributed by atoms with Gasteiger partial charge >= 0.3 is 6.36 Å². The third-order valence-corrected chi connectivity index (χ3v) is 3.65. The Balaban J connectivity index is 1.85. The number of carbonyl (C=O) groups excluding carboxylic acids is 1.